The number of nitriles is 1. The highest BCUT2D eigenvalue weighted by molar-refractivity contribution is 9.10. The van der Waals surface area contributed by atoms with E-state index in [2.05, 4.69) is 22.0 Å². The maximum atomic E-state index is 9.70. The molecule has 1 saturated carbocycles. The molecule has 1 atom stereocenters. The van der Waals surface area contributed by atoms with E-state index in [1.54, 1.807) is 6.92 Å². The molecule has 0 unspecified atom stereocenters. The number of ether oxygens (including phenoxy) is 1. The molecule has 1 aliphatic carbocycles. The summed E-state index contributed by atoms with van der Waals surface area (Å²) < 4.78 is 6.74. The van der Waals surface area contributed by atoms with Crippen molar-refractivity contribution in [3.8, 4) is 11.8 Å². The van der Waals surface area contributed by atoms with E-state index in [9.17, 15) is 5.11 Å². The zero-order valence-electron chi connectivity index (χ0n) is 10.3. The summed E-state index contributed by atoms with van der Waals surface area (Å²) in [6.07, 6.45) is 2.10. The Morgan fingerprint density at radius 3 is 2.83 bits per heavy atom. The molecule has 0 amide bonds. The first-order chi connectivity index (χ1) is 8.56. The summed E-state index contributed by atoms with van der Waals surface area (Å²) in [6.45, 7) is 2.27. The van der Waals surface area contributed by atoms with Gasteiger partial charge in [-0.25, -0.2) is 0 Å². The molecule has 1 aromatic rings. The van der Waals surface area contributed by atoms with Gasteiger partial charge in [0.15, 0.2) is 0 Å². The van der Waals surface area contributed by atoms with E-state index in [4.69, 9.17) is 10.00 Å². The summed E-state index contributed by atoms with van der Waals surface area (Å²) in [5, 5.41) is 18.5. The summed E-state index contributed by atoms with van der Waals surface area (Å²) in [6, 6.07) is 7.82. The van der Waals surface area contributed by atoms with Crippen molar-refractivity contribution in [2.75, 3.05) is 6.61 Å². The van der Waals surface area contributed by atoms with Gasteiger partial charge in [-0.2, -0.15) is 5.26 Å². The summed E-state index contributed by atoms with van der Waals surface area (Å²) in [4.78, 5) is 0. The van der Waals surface area contributed by atoms with E-state index in [-0.39, 0.29) is 5.41 Å². The van der Waals surface area contributed by atoms with Gasteiger partial charge >= 0.3 is 0 Å². The first-order valence-electron chi connectivity index (χ1n) is 6.04. The molecule has 0 aromatic heterocycles. The number of rotatable bonds is 5. The van der Waals surface area contributed by atoms with E-state index in [1.165, 1.54) is 0 Å². The molecular formula is C14H16BrNO2. The van der Waals surface area contributed by atoms with Crippen LogP contribution in [-0.2, 0) is 0 Å². The fourth-order valence-corrected chi connectivity index (χ4v) is 2.27. The number of aliphatic hydroxyl groups is 1. The fraction of sp³-hybridized carbons (Fsp3) is 0.500. The van der Waals surface area contributed by atoms with Crippen LogP contribution >= 0.6 is 15.9 Å². The largest absolute Gasteiger partial charge is 0.493 e. The van der Waals surface area contributed by atoms with E-state index in [0.717, 1.165) is 22.9 Å². The fourth-order valence-electron chi connectivity index (χ4n) is 1.93. The number of hydrogen-bond donors (Lipinski definition) is 1. The van der Waals surface area contributed by atoms with Crippen LogP contribution < -0.4 is 4.74 Å². The Morgan fingerprint density at radius 1 is 1.56 bits per heavy atom. The van der Waals surface area contributed by atoms with Crippen LogP contribution in [0.3, 0.4) is 0 Å². The molecule has 1 fully saturated rings. The summed E-state index contributed by atoms with van der Waals surface area (Å²) in [7, 11) is 0. The Morgan fingerprint density at radius 2 is 2.28 bits per heavy atom. The smallest absolute Gasteiger partial charge is 0.126 e. The van der Waals surface area contributed by atoms with Crippen LogP contribution in [-0.4, -0.2) is 11.7 Å². The third-order valence-corrected chi connectivity index (χ3v) is 3.86. The lowest BCUT2D eigenvalue weighted by Crippen LogP contribution is -2.13. The van der Waals surface area contributed by atoms with Gasteiger partial charge in [-0.1, -0.05) is 22.0 Å². The van der Waals surface area contributed by atoms with Gasteiger partial charge in [-0.15, -0.1) is 0 Å². The molecule has 1 N–H and O–H groups in total. The summed E-state index contributed by atoms with van der Waals surface area (Å²) in [5.74, 6) is 0.698. The average molecular weight is 310 g/mol. The maximum absolute atomic E-state index is 9.70. The first kappa shape index (κ1) is 13.4. The Kier molecular flexibility index (Phi) is 3.94. The molecule has 0 heterocycles. The number of hydrogen-bond acceptors (Lipinski definition) is 3. The molecule has 0 radical (unpaired) electrons. The van der Waals surface area contributed by atoms with E-state index in [0.29, 0.717) is 18.8 Å². The van der Waals surface area contributed by atoms with E-state index < -0.39 is 6.10 Å². The summed E-state index contributed by atoms with van der Waals surface area (Å²) in [5.41, 5.74) is 0.832. The SMILES string of the molecule is C[C@H](O)c1ccc(Br)cc1OCC1(CC#N)CC1. The lowest BCUT2D eigenvalue weighted by atomic mass is 10.1. The Bertz CT molecular complexity index is 475. The highest BCUT2D eigenvalue weighted by Gasteiger charge is 2.43. The van der Waals surface area contributed by atoms with Crippen molar-refractivity contribution < 1.29 is 9.84 Å². The van der Waals surface area contributed by atoms with Crippen LogP contribution in [0.2, 0.25) is 0 Å². The third-order valence-electron chi connectivity index (χ3n) is 3.37. The van der Waals surface area contributed by atoms with Crippen LogP contribution in [0.25, 0.3) is 0 Å². The van der Waals surface area contributed by atoms with Crippen LogP contribution in [0, 0.1) is 16.7 Å². The van der Waals surface area contributed by atoms with Gasteiger partial charge in [0.1, 0.15) is 5.75 Å². The molecule has 1 aromatic carbocycles. The molecule has 0 aliphatic heterocycles. The van der Waals surface area contributed by atoms with Crippen LogP contribution in [0.5, 0.6) is 5.75 Å². The predicted molar refractivity (Wildman–Crippen MR) is 72.2 cm³/mol. The number of halogens is 1. The highest BCUT2D eigenvalue weighted by Crippen LogP contribution is 2.49. The third kappa shape index (κ3) is 3.04. The van der Waals surface area contributed by atoms with Gasteiger partial charge < -0.3 is 9.84 Å². The van der Waals surface area contributed by atoms with Gasteiger partial charge in [0.25, 0.3) is 0 Å². The summed E-state index contributed by atoms with van der Waals surface area (Å²) >= 11 is 3.40. The molecule has 2 rings (SSSR count). The van der Waals surface area contributed by atoms with Crippen molar-refractivity contribution in [3.63, 3.8) is 0 Å². The number of benzene rings is 1. The van der Waals surface area contributed by atoms with Crippen molar-refractivity contribution in [2.45, 2.75) is 32.3 Å². The van der Waals surface area contributed by atoms with Crippen molar-refractivity contribution in [1.29, 1.82) is 5.26 Å². The molecule has 1 aliphatic rings. The Hall–Kier alpha value is -1.05. The molecule has 3 nitrogen and oxygen atoms in total. The predicted octanol–water partition coefficient (Wildman–Crippen LogP) is 3.58. The molecule has 0 bridgehead atoms. The van der Waals surface area contributed by atoms with Crippen molar-refractivity contribution in [3.05, 3.63) is 28.2 Å². The zero-order valence-corrected chi connectivity index (χ0v) is 11.9. The monoisotopic (exact) mass is 309 g/mol. The quantitative estimate of drug-likeness (QED) is 0.904. The second-order valence-electron chi connectivity index (χ2n) is 4.98. The topological polar surface area (TPSA) is 53.2 Å². The van der Waals surface area contributed by atoms with Crippen molar-refractivity contribution in [2.24, 2.45) is 5.41 Å². The lowest BCUT2D eigenvalue weighted by molar-refractivity contribution is 0.183. The zero-order chi connectivity index (χ0) is 13.2. The van der Waals surface area contributed by atoms with Crippen molar-refractivity contribution >= 4 is 15.9 Å². The van der Waals surface area contributed by atoms with Crippen LogP contribution in [0.4, 0.5) is 0 Å². The normalized spacial score (nSPS) is 17.9. The lowest BCUT2D eigenvalue weighted by Gasteiger charge is -2.17. The Balaban J connectivity index is 2.09. The van der Waals surface area contributed by atoms with Gasteiger partial charge in [0, 0.05) is 21.9 Å². The average Bonchev–Trinajstić information content (AvgIpc) is 3.07. The van der Waals surface area contributed by atoms with Crippen molar-refractivity contribution in [1.82, 2.24) is 0 Å². The maximum Gasteiger partial charge on any atom is 0.126 e. The van der Waals surface area contributed by atoms with Gasteiger partial charge in [0.05, 0.1) is 18.8 Å². The van der Waals surface area contributed by atoms with E-state index in [1.807, 2.05) is 18.2 Å². The minimum absolute atomic E-state index is 0.0486. The van der Waals surface area contributed by atoms with Crippen LogP contribution in [0.1, 0.15) is 37.9 Å². The highest BCUT2D eigenvalue weighted by atomic mass is 79.9. The molecule has 96 valence electrons. The second kappa shape index (κ2) is 5.29. The first-order valence-corrected chi connectivity index (χ1v) is 6.83. The van der Waals surface area contributed by atoms with Gasteiger partial charge in [-0.05, 0) is 31.9 Å². The molecular weight excluding hydrogens is 294 g/mol. The molecule has 18 heavy (non-hydrogen) atoms. The number of aliphatic hydroxyl groups excluding tert-OH is 1. The minimum Gasteiger partial charge on any atom is -0.493 e. The number of nitrogens with zero attached hydrogens (tertiary/aromatic N) is 1. The molecule has 0 spiro atoms. The minimum atomic E-state index is -0.556. The van der Waals surface area contributed by atoms with Crippen LogP contribution in [0.15, 0.2) is 22.7 Å². The standard InChI is InChI=1S/C14H16BrNO2/c1-10(17)12-3-2-11(15)8-13(12)18-9-14(4-5-14)6-7-16/h2-3,8,10,17H,4-6,9H2,1H3/t10-/m0/s1. The second-order valence-corrected chi connectivity index (χ2v) is 5.90. The van der Waals surface area contributed by atoms with Gasteiger partial charge in [-0.3, -0.25) is 0 Å². The molecule has 0 saturated heterocycles. The van der Waals surface area contributed by atoms with E-state index >= 15 is 0 Å². The van der Waals surface area contributed by atoms with Gasteiger partial charge in [0.2, 0.25) is 0 Å². The Labute approximate surface area is 116 Å². The molecule has 4 heteroatoms.